The number of nitrogens with two attached hydrogens (primary N) is 1. The lowest BCUT2D eigenvalue weighted by atomic mass is 9.91. The molecule has 0 radical (unpaired) electrons. The summed E-state index contributed by atoms with van der Waals surface area (Å²) in [5, 5.41) is 5.18. The second kappa shape index (κ2) is 7.42. The lowest BCUT2D eigenvalue weighted by molar-refractivity contribution is 0.456. The van der Waals surface area contributed by atoms with E-state index < -0.39 is 0 Å². The number of hydrogen-bond donors (Lipinski definition) is 3. The molecule has 3 heteroatoms. The van der Waals surface area contributed by atoms with E-state index in [-0.39, 0.29) is 0 Å². The van der Waals surface area contributed by atoms with Gasteiger partial charge in [-0.1, -0.05) is 42.5 Å². The molecule has 1 heterocycles. The van der Waals surface area contributed by atoms with Crippen LogP contribution in [0.15, 0.2) is 48.5 Å². The van der Waals surface area contributed by atoms with Crippen molar-refractivity contribution in [2.24, 2.45) is 5.73 Å². The smallest absolute Gasteiger partial charge is 0.0476 e. The molecule has 0 aliphatic heterocycles. The van der Waals surface area contributed by atoms with Crippen LogP contribution in [0.3, 0.4) is 0 Å². The minimum Gasteiger partial charge on any atom is -0.357 e. The second-order valence-electron chi connectivity index (χ2n) is 7.07. The number of H-pyrrole nitrogens is 1. The van der Waals surface area contributed by atoms with Crippen molar-refractivity contribution in [3.63, 3.8) is 0 Å². The fourth-order valence-electron chi connectivity index (χ4n) is 4.05. The molecule has 25 heavy (non-hydrogen) atoms. The molecule has 0 amide bonds. The van der Waals surface area contributed by atoms with Crippen LogP contribution in [0.5, 0.6) is 0 Å². The number of para-hydroxylation sites is 1. The number of nitrogens with one attached hydrogen (secondary N) is 2. The standard InChI is InChI=1S/C22H27N3/c23-14-12-16-8-10-17(11-9-16)13-15-24-21-7-3-5-19-18-4-1-2-6-20(18)25-22(19)21/h1-2,4,6,8-11,21,24-25H,3,5,7,12-15,23H2. The highest BCUT2D eigenvalue weighted by molar-refractivity contribution is 5.85. The van der Waals surface area contributed by atoms with E-state index in [4.69, 9.17) is 5.73 Å². The van der Waals surface area contributed by atoms with Crippen LogP contribution in [-0.4, -0.2) is 18.1 Å². The first-order chi connectivity index (χ1) is 12.3. The van der Waals surface area contributed by atoms with E-state index >= 15 is 0 Å². The van der Waals surface area contributed by atoms with Crippen molar-refractivity contribution in [1.82, 2.24) is 10.3 Å². The Morgan fingerprint density at radius 3 is 2.56 bits per heavy atom. The summed E-state index contributed by atoms with van der Waals surface area (Å²) in [6.07, 6.45) is 5.70. The van der Waals surface area contributed by atoms with Gasteiger partial charge >= 0.3 is 0 Å². The zero-order valence-corrected chi connectivity index (χ0v) is 14.7. The van der Waals surface area contributed by atoms with Crippen LogP contribution >= 0.6 is 0 Å². The van der Waals surface area contributed by atoms with Crippen molar-refractivity contribution in [3.05, 3.63) is 70.9 Å². The number of rotatable bonds is 6. The maximum absolute atomic E-state index is 5.62. The van der Waals surface area contributed by atoms with Gasteiger partial charge in [-0.25, -0.2) is 0 Å². The van der Waals surface area contributed by atoms with E-state index in [1.54, 1.807) is 0 Å². The van der Waals surface area contributed by atoms with E-state index in [1.165, 1.54) is 52.5 Å². The van der Waals surface area contributed by atoms with Gasteiger partial charge in [0.25, 0.3) is 0 Å². The molecule has 1 aliphatic rings. The van der Waals surface area contributed by atoms with Gasteiger partial charge in [0.1, 0.15) is 0 Å². The Bertz CT molecular complexity index is 832. The van der Waals surface area contributed by atoms with E-state index in [0.29, 0.717) is 6.04 Å². The maximum Gasteiger partial charge on any atom is 0.0476 e. The molecule has 2 aromatic carbocycles. The fraction of sp³-hybridized carbons (Fsp3) is 0.364. The van der Waals surface area contributed by atoms with Gasteiger partial charge in [-0.3, -0.25) is 0 Å². The maximum atomic E-state index is 5.62. The minimum absolute atomic E-state index is 0.452. The predicted molar refractivity (Wildman–Crippen MR) is 105 cm³/mol. The van der Waals surface area contributed by atoms with Crippen LogP contribution in [0.1, 0.15) is 41.3 Å². The van der Waals surface area contributed by atoms with Gasteiger partial charge in [-0.15, -0.1) is 0 Å². The normalized spacial score (nSPS) is 16.9. The number of aromatic amines is 1. The second-order valence-corrected chi connectivity index (χ2v) is 7.07. The molecular formula is C22H27N3. The van der Waals surface area contributed by atoms with Crippen molar-refractivity contribution < 1.29 is 0 Å². The van der Waals surface area contributed by atoms with E-state index in [1.807, 2.05) is 0 Å². The highest BCUT2D eigenvalue weighted by atomic mass is 14.9. The topological polar surface area (TPSA) is 53.8 Å². The van der Waals surface area contributed by atoms with E-state index in [0.717, 1.165) is 25.9 Å². The summed E-state index contributed by atoms with van der Waals surface area (Å²) in [4.78, 5) is 3.66. The highest BCUT2D eigenvalue weighted by Gasteiger charge is 2.23. The highest BCUT2D eigenvalue weighted by Crippen LogP contribution is 2.34. The third-order valence-corrected chi connectivity index (χ3v) is 5.38. The first kappa shape index (κ1) is 16.4. The third-order valence-electron chi connectivity index (χ3n) is 5.38. The van der Waals surface area contributed by atoms with Gasteiger partial charge in [0.05, 0.1) is 0 Å². The third kappa shape index (κ3) is 3.48. The van der Waals surface area contributed by atoms with Crippen molar-refractivity contribution in [2.75, 3.05) is 13.1 Å². The Morgan fingerprint density at radius 1 is 1.00 bits per heavy atom. The van der Waals surface area contributed by atoms with Crippen LogP contribution < -0.4 is 11.1 Å². The molecule has 4 rings (SSSR count). The van der Waals surface area contributed by atoms with Gasteiger partial charge in [0.15, 0.2) is 0 Å². The molecule has 3 aromatic rings. The van der Waals surface area contributed by atoms with Crippen molar-refractivity contribution in [3.8, 4) is 0 Å². The van der Waals surface area contributed by atoms with Crippen LogP contribution in [0, 0.1) is 0 Å². The summed E-state index contributed by atoms with van der Waals surface area (Å²) >= 11 is 0. The summed E-state index contributed by atoms with van der Waals surface area (Å²) in [5.74, 6) is 0. The Morgan fingerprint density at radius 2 is 1.76 bits per heavy atom. The predicted octanol–water partition coefficient (Wildman–Crippen LogP) is 3.88. The number of aromatic nitrogens is 1. The van der Waals surface area contributed by atoms with E-state index in [2.05, 4.69) is 58.8 Å². The van der Waals surface area contributed by atoms with Gasteiger partial charge in [-0.2, -0.15) is 0 Å². The van der Waals surface area contributed by atoms with Gasteiger partial charge < -0.3 is 16.0 Å². The molecule has 0 saturated heterocycles. The molecule has 1 aromatic heterocycles. The Kier molecular flexibility index (Phi) is 4.86. The lowest BCUT2D eigenvalue weighted by Crippen LogP contribution is -2.27. The molecule has 1 aliphatic carbocycles. The van der Waals surface area contributed by atoms with Crippen LogP contribution in [0.2, 0.25) is 0 Å². The summed E-state index contributed by atoms with van der Waals surface area (Å²) in [5.41, 5.74) is 12.5. The summed E-state index contributed by atoms with van der Waals surface area (Å²) in [6, 6.07) is 18.0. The largest absolute Gasteiger partial charge is 0.357 e. The molecular weight excluding hydrogens is 306 g/mol. The van der Waals surface area contributed by atoms with Crippen molar-refractivity contribution in [2.45, 2.75) is 38.1 Å². The van der Waals surface area contributed by atoms with E-state index in [9.17, 15) is 0 Å². The molecule has 0 fully saturated rings. The molecule has 4 N–H and O–H groups in total. The van der Waals surface area contributed by atoms with Crippen LogP contribution in [0.4, 0.5) is 0 Å². The van der Waals surface area contributed by atoms with Crippen molar-refractivity contribution in [1.29, 1.82) is 0 Å². The molecule has 0 spiro atoms. The zero-order valence-electron chi connectivity index (χ0n) is 14.7. The Balaban J connectivity index is 1.41. The molecule has 1 unspecified atom stereocenters. The monoisotopic (exact) mass is 333 g/mol. The fourth-order valence-corrected chi connectivity index (χ4v) is 4.05. The summed E-state index contributed by atoms with van der Waals surface area (Å²) in [7, 11) is 0. The number of aryl methyl sites for hydroxylation is 1. The van der Waals surface area contributed by atoms with Crippen LogP contribution in [0.25, 0.3) is 10.9 Å². The zero-order chi connectivity index (χ0) is 17.1. The molecule has 130 valence electrons. The quantitative estimate of drug-likeness (QED) is 0.641. The molecule has 3 nitrogen and oxygen atoms in total. The Hall–Kier alpha value is -2.10. The molecule has 0 saturated carbocycles. The molecule has 0 bridgehead atoms. The first-order valence-corrected chi connectivity index (χ1v) is 9.46. The molecule has 1 atom stereocenters. The lowest BCUT2D eigenvalue weighted by Gasteiger charge is -2.24. The van der Waals surface area contributed by atoms with Crippen molar-refractivity contribution >= 4 is 10.9 Å². The van der Waals surface area contributed by atoms with Gasteiger partial charge in [0, 0.05) is 22.6 Å². The SMILES string of the molecule is NCCc1ccc(CCNC2CCCc3c2[nH]c2ccccc32)cc1. The minimum atomic E-state index is 0.452. The van der Waals surface area contributed by atoms with Crippen LogP contribution in [-0.2, 0) is 19.3 Å². The van der Waals surface area contributed by atoms with Gasteiger partial charge in [-0.05, 0) is 68.0 Å². The average molecular weight is 333 g/mol. The number of fused-ring (bicyclic) bond motifs is 3. The summed E-state index contributed by atoms with van der Waals surface area (Å²) in [6.45, 7) is 1.73. The summed E-state index contributed by atoms with van der Waals surface area (Å²) < 4.78 is 0. The Labute approximate surface area is 149 Å². The number of benzene rings is 2. The van der Waals surface area contributed by atoms with Gasteiger partial charge in [0.2, 0.25) is 0 Å². The first-order valence-electron chi connectivity index (χ1n) is 9.46. The average Bonchev–Trinajstić information content (AvgIpc) is 3.03. The number of hydrogen-bond acceptors (Lipinski definition) is 2.